The van der Waals surface area contributed by atoms with Gasteiger partial charge in [-0.05, 0) is 67.6 Å². The van der Waals surface area contributed by atoms with Crippen molar-refractivity contribution in [2.45, 2.75) is 12.5 Å². The standard InChI is InChI=1S/C25H24N4O4/c1-2-23(30)29(17-14-15-27-16-17)22-13-12-21(24(26)31)25(28-22)33-20-10-8-19(9-11-20)32-18-6-4-3-5-7-18/h2-13,17,27H,1,14-16H2,(H2,26,31). The zero-order valence-electron chi connectivity index (χ0n) is 17.9. The zero-order chi connectivity index (χ0) is 23.2. The lowest BCUT2D eigenvalue weighted by Crippen LogP contribution is -2.41. The van der Waals surface area contributed by atoms with E-state index in [1.54, 1.807) is 35.2 Å². The quantitative estimate of drug-likeness (QED) is 0.514. The number of carbonyl (C=O) groups is 2. The highest BCUT2D eigenvalue weighted by molar-refractivity contribution is 6.01. The zero-order valence-corrected chi connectivity index (χ0v) is 17.9. The summed E-state index contributed by atoms with van der Waals surface area (Å²) in [4.78, 5) is 30.6. The Bertz CT molecular complexity index is 1140. The fraction of sp³-hybridized carbons (Fsp3) is 0.160. The predicted molar refractivity (Wildman–Crippen MR) is 125 cm³/mol. The van der Waals surface area contributed by atoms with Crippen LogP contribution in [-0.4, -0.2) is 35.9 Å². The molecule has 1 saturated heterocycles. The van der Waals surface area contributed by atoms with Gasteiger partial charge in [0.2, 0.25) is 5.88 Å². The van der Waals surface area contributed by atoms with Crippen molar-refractivity contribution in [3.05, 3.63) is 84.9 Å². The van der Waals surface area contributed by atoms with Crippen molar-refractivity contribution < 1.29 is 19.1 Å². The van der Waals surface area contributed by atoms with Crippen molar-refractivity contribution in [3.8, 4) is 23.1 Å². The van der Waals surface area contributed by atoms with Crippen LogP contribution in [0.25, 0.3) is 0 Å². The summed E-state index contributed by atoms with van der Waals surface area (Å²) in [5.74, 6) is 1.19. The molecule has 168 valence electrons. The minimum Gasteiger partial charge on any atom is -0.457 e. The molecular formula is C25H24N4O4. The van der Waals surface area contributed by atoms with Gasteiger partial charge in [0.1, 0.15) is 28.6 Å². The summed E-state index contributed by atoms with van der Waals surface area (Å²) in [6.45, 7) is 5.03. The Hall–Kier alpha value is -4.17. The van der Waals surface area contributed by atoms with E-state index >= 15 is 0 Å². The third-order valence-electron chi connectivity index (χ3n) is 5.19. The summed E-state index contributed by atoms with van der Waals surface area (Å²) < 4.78 is 11.7. The number of rotatable bonds is 8. The number of carbonyl (C=O) groups excluding carboxylic acids is 2. The summed E-state index contributed by atoms with van der Waals surface area (Å²) in [6.07, 6.45) is 2.02. The predicted octanol–water partition coefficient (Wildman–Crippen LogP) is 3.65. The number of anilines is 1. The number of aromatic nitrogens is 1. The lowest BCUT2D eigenvalue weighted by atomic mass is 10.2. The summed E-state index contributed by atoms with van der Waals surface area (Å²) >= 11 is 0. The molecule has 1 aliphatic heterocycles. The second kappa shape index (κ2) is 9.97. The van der Waals surface area contributed by atoms with E-state index in [9.17, 15) is 9.59 Å². The van der Waals surface area contributed by atoms with Gasteiger partial charge in [0.25, 0.3) is 11.8 Å². The Balaban J connectivity index is 1.60. The van der Waals surface area contributed by atoms with Crippen LogP contribution in [0.1, 0.15) is 16.8 Å². The Morgan fingerprint density at radius 2 is 1.67 bits per heavy atom. The Kier molecular flexibility index (Phi) is 6.66. The maximum atomic E-state index is 12.6. The molecule has 1 unspecified atom stereocenters. The molecule has 2 amide bonds. The van der Waals surface area contributed by atoms with Gasteiger partial charge in [0, 0.05) is 6.54 Å². The van der Waals surface area contributed by atoms with Crippen molar-refractivity contribution in [1.82, 2.24) is 10.3 Å². The average molecular weight is 444 g/mol. The van der Waals surface area contributed by atoms with Gasteiger partial charge in [-0.3, -0.25) is 14.5 Å². The van der Waals surface area contributed by atoms with Crippen LogP contribution in [0, 0.1) is 0 Å². The Morgan fingerprint density at radius 3 is 2.27 bits per heavy atom. The van der Waals surface area contributed by atoms with Crippen LogP contribution < -0.4 is 25.4 Å². The number of nitrogens with one attached hydrogen (secondary N) is 1. The van der Waals surface area contributed by atoms with Crippen LogP contribution in [0.15, 0.2) is 79.4 Å². The largest absolute Gasteiger partial charge is 0.457 e. The van der Waals surface area contributed by atoms with Gasteiger partial charge < -0.3 is 20.5 Å². The van der Waals surface area contributed by atoms with Crippen molar-refractivity contribution >= 4 is 17.6 Å². The number of amides is 2. The first-order valence-corrected chi connectivity index (χ1v) is 10.5. The number of ether oxygens (including phenoxy) is 2. The minimum absolute atomic E-state index is 0.0181. The molecule has 1 fully saturated rings. The third-order valence-corrected chi connectivity index (χ3v) is 5.19. The number of primary amides is 1. The fourth-order valence-corrected chi connectivity index (χ4v) is 3.58. The molecule has 2 heterocycles. The molecule has 8 heteroatoms. The first kappa shape index (κ1) is 22.0. The van der Waals surface area contributed by atoms with Crippen LogP contribution >= 0.6 is 0 Å². The van der Waals surface area contributed by atoms with Gasteiger partial charge in [-0.15, -0.1) is 0 Å². The van der Waals surface area contributed by atoms with Crippen molar-refractivity contribution in [1.29, 1.82) is 0 Å². The normalized spacial score (nSPS) is 15.0. The van der Waals surface area contributed by atoms with Crippen molar-refractivity contribution in [3.63, 3.8) is 0 Å². The van der Waals surface area contributed by atoms with Crippen LogP contribution in [0.4, 0.5) is 5.82 Å². The number of pyridine rings is 1. The lowest BCUT2D eigenvalue weighted by molar-refractivity contribution is -0.114. The highest BCUT2D eigenvalue weighted by Gasteiger charge is 2.28. The molecule has 1 atom stereocenters. The first-order chi connectivity index (χ1) is 16.0. The number of hydrogen-bond donors (Lipinski definition) is 2. The van der Waals surface area contributed by atoms with Gasteiger partial charge in [-0.2, -0.15) is 4.98 Å². The van der Waals surface area contributed by atoms with Gasteiger partial charge in [-0.25, -0.2) is 0 Å². The van der Waals surface area contributed by atoms with Crippen molar-refractivity contribution in [2.75, 3.05) is 18.0 Å². The van der Waals surface area contributed by atoms with E-state index in [1.165, 1.54) is 12.1 Å². The molecule has 0 spiro atoms. The number of hydrogen-bond acceptors (Lipinski definition) is 6. The monoisotopic (exact) mass is 444 g/mol. The smallest absolute Gasteiger partial charge is 0.254 e. The molecule has 0 aliphatic carbocycles. The second-order valence-electron chi connectivity index (χ2n) is 7.43. The maximum absolute atomic E-state index is 12.6. The maximum Gasteiger partial charge on any atom is 0.254 e. The molecule has 1 aromatic heterocycles. The number of para-hydroxylation sites is 1. The van der Waals surface area contributed by atoms with Crippen LogP contribution in [-0.2, 0) is 4.79 Å². The molecule has 3 N–H and O–H groups in total. The van der Waals surface area contributed by atoms with Gasteiger partial charge >= 0.3 is 0 Å². The van der Waals surface area contributed by atoms with E-state index in [0.717, 1.165) is 13.0 Å². The topological polar surface area (TPSA) is 107 Å². The van der Waals surface area contributed by atoms with Crippen molar-refractivity contribution in [2.24, 2.45) is 5.73 Å². The molecule has 4 rings (SSSR count). The van der Waals surface area contributed by atoms with Crippen LogP contribution in [0.3, 0.4) is 0 Å². The summed E-state index contributed by atoms with van der Waals surface area (Å²) in [5.41, 5.74) is 5.64. The summed E-state index contributed by atoms with van der Waals surface area (Å²) in [6, 6.07) is 19.3. The van der Waals surface area contributed by atoms with E-state index in [0.29, 0.717) is 29.6 Å². The van der Waals surface area contributed by atoms with Gasteiger partial charge in [0.05, 0.1) is 6.04 Å². The van der Waals surface area contributed by atoms with Crippen LogP contribution in [0.5, 0.6) is 23.1 Å². The molecule has 0 radical (unpaired) electrons. The van der Waals surface area contributed by atoms with Gasteiger partial charge in [-0.1, -0.05) is 24.8 Å². The lowest BCUT2D eigenvalue weighted by Gasteiger charge is -2.27. The number of nitrogens with two attached hydrogens (primary N) is 1. The van der Waals surface area contributed by atoms with Gasteiger partial charge in [0.15, 0.2) is 0 Å². The molecule has 2 aromatic carbocycles. The van der Waals surface area contributed by atoms with E-state index in [1.807, 2.05) is 30.3 Å². The third kappa shape index (κ3) is 5.19. The average Bonchev–Trinajstić information content (AvgIpc) is 3.35. The number of benzene rings is 2. The van der Waals surface area contributed by atoms with E-state index in [4.69, 9.17) is 15.2 Å². The highest BCUT2D eigenvalue weighted by atomic mass is 16.5. The molecule has 8 nitrogen and oxygen atoms in total. The Morgan fingerprint density at radius 1 is 1.00 bits per heavy atom. The first-order valence-electron chi connectivity index (χ1n) is 10.5. The molecule has 33 heavy (non-hydrogen) atoms. The molecule has 0 saturated carbocycles. The van der Waals surface area contributed by atoms with E-state index in [-0.39, 0.29) is 23.4 Å². The SMILES string of the molecule is C=CC(=O)N(c1ccc(C(N)=O)c(Oc2ccc(Oc3ccccc3)cc2)n1)C1CCNC1. The summed E-state index contributed by atoms with van der Waals surface area (Å²) in [7, 11) is 0. The molecule has 3 aromatic rings. The molecule has 1 aliphatic rings. The van der Waals surface area contributed by atoms with E-state index < -0.39 is 5.91 Å². The summed E-state index contributed by atoms with van der Waals surface area (Å²) in [5, 5.41) is 3.23. The fourth-order valence-electron chi connectivity index (χ4n) is 3.58. The molecule has 0 bridgehead atoms. The highest BCUT2D eigenvalue weighted by Crippen LogP contribution is 2.30. The second-order valence-corrected chi connectivity index (χ2v) is 7.43. The van der Waals surface area contributed by atoms with E-state index in [2.05, 4.69) is 16.9 Å². The minimum atomic E-state index is -0.683. The number of nitrogens with zero attached hydrogens (tertiary/aromatic N) is 2. The Labute approximate surface area is 191 Å². The van der Waals surface area contributed by atoms with Crippen LogP contribution in [0.2, 0.25) is 0 Å². The molecular weight excluding hydrogens is 420 g/mol.